The zero-order chi connectivity index (χ0) is 13.9. The maximum absolute atomic E-state index is 10.1. The van der Waals surface area contributed by atoms with E-state index in [1.807, 2.05) is 0 Å². The molecule has 19 heavy (non-hydrogen) atoms. The van der Waals surface area contributed by atoms with Crippen molar-refractivity contribution in [2.24, 2.45) is 23.7 Å². The summed E-state index contributed by atoms with van der Waals surface area (Å²) in [6, 6.07) is 0. The molecule has 3 aliphatic rings. The van der Waals surface area contributed by atoms with Crippen molar-refractivity contribution in [3.63, 3.8) is 0 Å². The van der Waals surface area contributed by atoms with Crippen LogP contribution < -0.4 is 0 Å². The first-order chi connectivity index (χ1) is 8.91. The SMILES string of the molecule is C=C1OC2C(C1=C)C(C)CC(=C)C1CC(O)C(=C)C12. The highest BCUT2D eigenvalue weighted by Crippen LogP contribution is 2.54. The summed E-state index contributed by atoms with van der Waals surface area (Å²) in [7, 11) is 0. The van der Waals surface area contributed by atoms with Gasteiger partial charge in [-0.25, -0.2) is 0 Å². The Kier molecular flexibility index (Phi) is 2.75. The van der Waals surface area contributed by atoms with Crippen molar-refractivity contribution in [2.75, 3.05) is 0 Å². The van der Waals surface area contributed by atoms with E-state index in [1.54, 1.807) is 0 Å². The van der Waals surface area contributed by atoms with Crippen molar-refractivity contribution in [1.82, 2.24) is 0 Å². The topological polar surface area (TPSA) is 29.5 Å². The Bertz CT molecular complexity index is 487. The van der Waals surface area contributed by atoms with Gasteiger partial charge in [0.15, 0.2) is 0 Å². The first-order valence-electron chi connectivity index (χ1n) is 7.01. The molecular weight excluding hydrogens is 236 g/mol. The molecule has 0 bridgehead atoms. The second kappa shape index (κ2) is 4.11. The molecule has 0 aromatic rings. The molecule has 6 atom stereocenters. The van der Waals surface area contributed by atoms with Gasteiger partial charge in [-0.05, 0) is 35.8 Å². The summed E-state index contributed by atoms with van der Waals surface area (Å²) in [5.41, 5.74) is 3.14. The van der Waals surface area contributed by atoms with Gasteiger partial charge >= 0.3 is 0 Å². The fourth-order valence-electron chi connectivity index (χ4n) is 4.23. The molecule has 0 amide bonds. The Morgan fingerprint density at radius 1 is 1.16 bits per heavy atom. The van der Waals surface area contributed by atoms with Crippen LogP contribution in [0.4, 0.5) is 0 Å². The van der Waals surface area contributed by atoms with Gasteiger partial charge in [0.2, 0.25) is 0 Å². The molecule has 0 radical (unpaired) electrons. The number of allylic oxidation sites excluding steroid dienone is 2. The molecule has 3 rings (SSSR count). The average Bonchev–Trinajstić information content (AvgIpc) is 2.75. The molecule has 2 saturated carbocycles. The van der Waals surface area contributed by atoms with Gasteiger partial charge in [0, 0.05) is 11.8 Å². The average molecular weight is 258 g/mol. The number of hydrogen-bond acceptors (Lipinski definition) is 2. The lowest BCUT2D eigenvalue weighted by Gasteiger charge is -2.27. The smallest absolute Gasteiger partial charge is 0.115 e. The predicted octanol–water partition coefficient (Wildman–Crippen LogP) is 3.22. The van der Waals surface area contributed by atoms with Gasteiger partial charge in [0.05, 0.1) is 6.10 Å². The highest BCUT2D eigenvalue weighted by atomic mass is 16.5. The molecule has 1 N–H and O–H groups in total. The molecule has 0 aromatic carbocycles. The molecule has 2 aliphatic carbocycles. The molecule has 1 aliphatic heterocycles. The third kappa shape index (κ3) is 1.66. The number of aliphatic hydroxyl groups is 1. The van der Waals surface area contributed by atoms with E-state index in [9.17, 15) is 5.11 Å². The molecule has 6 unspecified atom stereocenters. The summed E-state index contributed by atoms with van der Waals surface area (Å²) in [5, 5.41) is 10.1. The van der Waals surface area contributed by atoms with Crippen molar-refractivity contribution in [3.8, 4) is 0 Å². The van der Waals surface area contributed by atoms with Gasteiger partial charge in [-0.2, -0.15) is 0 Å². The van der Waals surface area contributed by atoms with Gasteiger partial charge in [0.25, 0.3) is 0 Å². The largest absolute Gasteiger partial charge is 0.489 e. The van der Waals surface area contributed by atoms with Crippen LogP contribution in [0.3, 0.4) is 0 Å². The number of fused-ring (bicyclic) bond motifs is 3. The van der Waals surface area contributed by atoms with E-state index in [-0.39, 0.29) is 17.9 Å². The predicted molar refractivity (Wildman–Crippen MR) is 76.3 cm³/mol. The van der Waals surface area contributed by atoms with E-state index in [2.05, 4.69) is 33.2 Å². The van der Waals surface area contributed by atoms with Crippen LogP contribution in [0.2, 0.25) is 0 Å². The van der Waals surface area contributed by atoms with Crippen LogP contribution >= 0.6 is 0 Å². The lowest BCUT2D eigenvalue weighted by atomic mass is 9.79. The summed E-state index contributed by atoms with van der Waals surface area (Å²) in [6.07, 6.45) is 1.31. The molecule has 3 fully saturated rings. The number of hydrogen-bond donors (Lipinski definition) is 1. The number of ether oxygens (including phenoxy) is 1. The zero-order valence-electron chi connectivity index (χ0n) is 11.6. The molecule has 2 heteroatoms. The second-order valence-corrected chi connectivity index (χ2v) is 6.36. The molecule has 102 valence electrons. The Balaban J connectivity index is 2.05. The minimum atomic E-state index is -0.425. The van der Waals surface area contributed by atoms with Crippen LogP contribution in [-0.4, -0.2) is 17.3 Å². The summed E-state index contributed by atoms with van der Waals surface area (Å²) in [4.78, 5) is 0. The molecule has 2 nitrogen and oxygen atoms in total. The van der Waals surface area contributed by atoms with Crippen LogP contribution in [0.25, 0.3) is 0 Å². The highest BCUT2D eigenvalue weighted by molar-refractivity contribution is 5.36. The highest BCUT2D eigenvalue weighted by Gasteiger charge is 2.53. The Morgan fingerprint density at radius 3 is 2.53 bits per heavy atom. The normalized spacial score (nSPS) is 45.8. The Labute approximate surface area is 115 Å². The standard InChI is InChI=1S/C17H22O2/c1-8-6-9(2)15-10(3)12(5)19-17(15)16-11(4)14(18)7-13(8)16/h9,13-18H,1,3-7H2,2H3. The molecular formula is C17H22O2. The van der Waals surface area contributed by atoms with Crippen LogP contribution in [0, 0.1) is 23.7 Å². The summed E-state index contributed by atoms with van der Waals surface area (Å²) < 4.78 is 6.00. The fourth-order valence-corrected chi connectivity index (χ4v) is 4.23. The summed E-state index contributed by atoms with van der Waals surface area (Å²) >= 11 is 0. The quantitative estimate of drug-likeness (QED) is 0.676. The van der Waals surface area contributed by atoms with Crippen molar-refractivity contribution in [3.05, 3.63) is 48.8 Å². The lowest BCUT2D eigenvalue weighted by molar-refractivity contribution is 0.0706. The second-order valence-electron chi connectivity index (χ2n) is 6.36. The summed E-state index contributed by atoms with van der Waals surface area (Å²) in [6.45, 7) is 18.7. The van der Waals surface area contributed by atoms with E-state index >= 15 is 0 Å². The molecule has 0 aromatic heterocycles. The third-order valence-corrected chi connectivity index (χ3v) is 5.24. The van der Waals surface area contributed by atoms with Gasteiger partial charge in [-0.3, -0.25) is 0 Å². The van der Waals surface area contributed by atoms with Crippen molar-refractivity contribution < 1.29 is 9.84 Å². The first-order valence-corrected chi connectivity index (χ1v) is 7.01. The van der Waals surface area contributed by atoms with Gasteiger partial charge in [-0.15, -0.1) is 0 Å². The number of rotatable bonds is 0. The maximum Gasteiger partial charge on any atom is 0.115 e. The monoisotopic (exact) mass is 258 g/mol. The van der Waals surface area contributed by atoms with Crippen LogP contribution in [0.15, 0.2) is 48.8 Å². The van der Waals surface area contributed by atoms with Gasteiger partial charge < -0.3 is 9.84 Å². The number of aliphatic hydroxyl groups excluding tert-OH is 1. The molecule has 1 heterocycles. The Hall–Kier alpha value is -1.28. The van der Waals surface area contributed by atoms with Gasteiger partial charge in [0.1, 0.15) is 11.9 Å². The fraction of sp³-hybridized carbons (Fsp3) is 0.529. The van der Waals surface area contributed by atoms with E-state index in [0.29, 0.717) is 17.6 Å². The van der Waals surface area contributed by atoms with Crippen molar-refractivity contribution in [2.45, 2.75) is 32.0 Å². The first kappa shape index (κ1) is 12.7. The lowest BCUT2D eigenvalue weighted by Crippen LogP contribution is -2.31. The minimum absolute atomic E-state index is 0.0314. The summed E-state index contributed by atoms with van der Waals surface area (Å²) in [5.74, 6) is 1.90. The van der Waals surface area contributed by atoms with E-state index in [0.717, 1.165) is 24.0 Å². The zero-order valence-corrected chi connectivity index (χ0v) is 11.6. The van der Waals surface area contributed by atoms with Gasteiger partial charge in [-0.1, -0.05) is 38.8 Å². The Morgan fingerprint density at radius 2 is 1.84 bits per heavy atom. The molecule has 0 spiro atoms. The van der Waals surface area contributed by atoms with E-state index < -0.39 is 6.10 Å². The van der Waals surface area contributed by atoms with Crippen molar-refractivity contribution in [1.29, 1.82) is 0 Å². The van der Waals surface area contributed by atoms with Crippen LogP contribution in [0.5, 0.6) is 0 Å². The maximum atomic E-state index is 10.1. The van der Waals surface area contributed by atoms with Crippen molar-refractivity contribution >= 4 is 0 Å². The minimum Gasteiger partial charge on any atom is -0.489 e. The van der Waals surface area contributed by atoms with Crippen LogP contribution in [0.1, 0.15) is 19.8 Å². The third-order valence-electron chi connectivity index (χ3n) is 5.24. The van der Waals surface area contributed by atoms with E-state index in [1.165, 1.54) is 5.57 Å². The molecule has 1 saturated heterocycles. The van der Waals surface area contributed by atoms with Crippen LogP contribution in [-0.2, 0) is 4.74 Å². The van der Waals surface area contributed by atoms with E-state index in [4.69, 9.17) is 4.74 Å².